The summed E-state index contributed by atoms with van der Waals surface area (Å²) in [5.41, 5.74) is 2.17. The van der Waals surface area contributed by atoms with E-state index >= 15 is 0 Å². The Morgan fingerprint density at radius 2 is 2.32 bits per heavy atom. The second kappa shape index (κ2) is 7.31. The zero-order valence-electron chi connectivity index (χ0n) is 11.0. The van der Waals surface area contributed by atoms with Gasteiger partial charge in [0.15, 0.2) is 0 Å². The summed E-state index contributed by atoms with van der Waals surface area (Å²) >= 11 is 3.51. The monoisotopic (exact) mass is 292 g/mol. The minimum absolute atomic E-state index is 0.787. The molecule has 0 fully saturated rings. The van der Waals surface area contributed by atoms with Gasteiger partial charge in [-0.1, -0.05) is 23.9 Å². The number of thiazole rings is 1. The molecule has 0 spiro atoms. The van der Waals surface area contributed by atoms with Crippen LogP contribution in [0.25, 0.3) is 6.08 Å². The van der Waals surface area contributed by atoms with E-state index in [-0.39, 0.29) is 0 Å². The SMILES string of the molecule is COc1cncc(/C=C/CCSc2nc(C)cs2)c1. The summed E-state index contributed by atoms with van der Waals surface area (Å²) < 4.78 is 6.28. The van der Waals surface area contributed by atoms with Crippen LogP contribution in [0.2, 0.25) is 0 Å². The van der Waals surface area contributed by atoms with Crippen LogP contribution in [0.5, 0.6) is 5.75 Å². The molecule has 5 heteroatoms. The topological polar surface area (TPSA) is 35.0 Å². The fourth-order valence-electron chi connectivity index (χ4n) is 1.47. The maximum Gasteiger partial charge on any atom is 0.150 e. The van der Waals surface area contributed by atoms with Crippen molar-refractivity contribution in [2.45, 2.75) is 17.7 Å². The smallest absolute Gasteiger partial charge is 0.150 e. The molecule has 2 aromatic heterocycles. The molecule has 0 amide bonds. The maximum absolute atomic E-state index is 5.14. The predicted octanol–water partition coefficient (Wildman–Crippen LogP) is 4.05. The largest absolute Gasteiger partial charge is 0.495 e. The number of hydrogen-bond acceptors (Lipinski definition) is 5. The zero-order valence-corrected chi connectivity index (χ0v) is 12.6. The molecule has 0 saturated carbocycles. The first kappa shape index (κ1) is 14.1. The highest BCUT2D eigenvalue weighted by atomic mass is 32.2. The van der Waals surface area contributed by atoms with Crippen LogP contribution in [-0.2, 0) is 0 Å². The van der Waals surface area contributed by atoms with Crippen LogP contribution in [-0.4, -0.2) is 22.8 Å². The van der Waals surface area contributed by atoms with Gasteiger partial charge in [0, 0.05) is 23.0 Å². The van der Waals surface area contributed by atoms with Gasteiger partial charge in [0.25, 0.3) is 0 Å². The van der Waals surface area contributed by atoms with Gasteiger partial charge in [0.1, 0.15) is 10.1 Å². The molecular formula is C14H16N2OS2. The Kier molecular flexibility index (Phi) is 5.42. The molecule has 0 aliphatic rings. The van der Waals surface area contributed by atoms with Crippen molar-refractivity contribution in [3.8, 4) is 5.75 Å². The minimum atomic E-state index is 0.787. The van der Waals surface area contributed by atoms with Gasteiger partial charge in [-0.05, 0) is 25.0 Å². The fraction of sp³-hybridized carbons (Fsp3) is 0.286. The van der Waals surface area contributed by atoms with Gasteiger partial charge in [-0.25, -0.2) is 4.98 Å². The van der Waals surface area contributed by atoms with Gasteiger partial charge in [-0.15, -0.1) is 11.3 Å². The van der Waals surface area contributed by atoms with E-state index in [1.165, 1.54) is 0 Å². The molecule has 2 heterocycles. The van der Waals surface area contributed by atoms with Gasteiger partial charge >= 0.3 is 0 Å². The number of thioether (sulfide) groups is 1. The van der Waals surface area contributed by atoms with Crippen LogP contribution < -0.4 is 4.74 Å². The first-order chi connectivity index (χ1) is 9.28. The molecule has 0 unspecified atom stereocenters. The van der Waals surface area contributed by atoms with Crippen molar-refractivity contribution < 1.29 is 4.74 Å². The van der Waals surface area contributed by atoms with Crippen molar-refractivity contribution >= 4 is 29.2 Å². The van der Waals surface area contributed by atoms with E-state index in [9.17, 15) is 0 Å². The van der Waals surface area contributed by atoms with Crippen LogP contribution in [0.4, 0.5) is 0 Å². The molecule has 0 aliphatic heterocycles. The Labute approximate surface area is 121 Å². The summed E-state index contributed by atoms with van der Waals surface area (Å²) in [6.45, 7) is 2.02. The average molecular weight is 292 g/mol. The third-order valence-corrected chi connectivity index (χ3v) is 4.56. The molecule has 100 valence electrons. The summed E-state index contributed by atoms with van der Waals surface area (Å²) in [5.74, 6) is 1.83. The van der Waals surface area contributed by atoms with E-state index in [1.807, 2.05) is 19.2 Å². The number of aryl methyl sites for hydroxylation is 1. The molecule has 2 aromatic rings. The number of aromatic nitrogens is 2. The number of methoxy groups -OCH3 is 1. The van der Waals surface area contributed by atoms with Gasteiger partial charge < -0.3 is 4.74 Å². The molecule has 3 nitrogen and oxygen atoms in total. The summed E-state index contributed by atoms with van der Waals surface area (Å²) in [4.78, 5) is 8.53. The number of hydrogen-bond donors (Lipinski definition) is 0. The van der Waals surface area contributed by atoms with Gasteiger partial charge in [-0.3, -0.25) is 4.98 Å². The minimum Gasteiger partial charge on any atom is -0.495 e. The highest BCUT2D eigenvalue weighted by molar-refractivity contribution is 8.01. The Balaban J connectivity index is 1.77. The molecule has 0 bridgehead atoms. The molecule has 0 atom stereocenters. The second-order valence-corrected chi connectivity index (χ2v) is 6.15. The summed E-state index contributed by atoms with van der Waals surface area (Å²) in [7, 11) is 1.65. The van der Waals surface area contributed by atoms with E-state index in [4.69, 9.17) is 4.74 Å². The summed E-state index contributed by atoms with van der Waals surface area (Å²) in [6.07, 6.45) is 8.78. The molecule has 0 saturated heterocycles. The van der Waals surface area contributed by atoms with E-state index < -0.39 is 0 Å². The third-order valence-electron chi connectivity index (χ3n) is 2.39. The molecule has 0 aliphatic carbocycles. The Hall–Kier alpha value is -1.33. The predicted molar refractivity (Wildman–Crippen MR) is 82.0 cm³/mol. The molecule has 2 rings (SSSR count). The first-order valence-electron chi connectivity index (χ1n) is 5.98. The molecule has 19 heavy (non-hydrogen) atoms. The van der Waals surface area contributed by atoms with Crippen LogP contribution in [0.3, 0.4) is 0 Å². The number of allylic oxidation sites excluding steroid dienone is 1. The summed E-state index contributed by atoms with van der Waals surface area (Å²) in [5, 5.41) is 2.08. The zero-order chi connectivity index (χ0) is 13.5. The lowest BCUT2D eigenvalue weighted by Crippen LogP contribution is -1.85. The highest BCUT2D eigenvalue weighted by Crippen LogP contribution is 2.23. The van der Waals surface area contributed by atoms with Gasteiger partial charge in [0.2, 0.25) is 0 Å². The number of nitrogens with zero attached hydrogens (tertiary/aromatic N) is 2. The van der Waals surface area contributed by atoms with Crippen molar-refractivity contribution in [3.63, 3.8) is 0 Å². The van der Waals surface area contributed by atoms with Crippen LogP contribution in [0.1, 0.15) is 17.7 Å². The Bertz CT molecular complexity index is 552. The standard InChI is InChI=1S/C14H16N2OS2/c1-11-10-19-14(16-11)18-6-4-3-5-12-7-13(17-2)9-15-8-12/h3,5,7-10H,4,6H2,1-2H3/b5-3+. The summed E-state index contributed by atoms with van der Waals surface area (Å²) in [6, 6.07) is 1.97. The van der Waals surface area contributed by atoms with E-state index in [2.05, 4.69) is 27.5 Å². The van der Waals surface area contributed by atoms with Gasteiger partial charge in [-0.2, -0.15) is 0 Å². The normalized spacial score (nSPS) is 11.1. The van der Waals surface area contributed by atoms with Crippen molar-refractivity contribution in [3.05, 3.63) is 41.2 Å². The van der Waals surface area contributed by atoms with E-state index in [0.29, 0.717) is 0 Å². The first-order valence-corrected chi connectivity index (χ1v) is 7.85. The maximum atomic E-state index is 5.14. The van der Waals surface area contributed by atoms with Crippen LogP contribution >= 0.6 is 23.1 Å². The van der Waals surface area contributed by atoms with Crippen molar-refractivity contribution in [2.24, 2.45) is 0 Å². The number of rotatable bonds is 6. The fourth-order valence-corrected chi connectivity index (χ4v) is 3.30. The number of ether oxygens (including phenoxy) is 1. The lowest BCUT2D eigenvalue weighted by atomic mass is 10.2. The van der Waals surface area contributed by atoms with Crippen LogP contribution in [0, 0.1) is 6.92 Å². The molecule has 0 aromatic carbocycles. The van der Waals surface area contributed by atoms with Gasteiger partial charge in [0.05, 0.1) is 13.3 Å². The Morgan fingerprint density at radius 3 is 3.05 bits per heavy atom. The molecule has 0 N–H and O–H groups in total. The average Bonchev–Trinajstić information content (AvgIpc) is 2.84. The highest BCUT2D eigenvalue weighted by Gasteiger charge is 1.97. The van der Waals surface area contributed by atoms with Crippen molar-refractivity contribution in [1.82, 2.24) is 9.97 Å². The lowest BCUT2D eigenvalue weighted by molar-refractivity contribution is 0.413. The Morgan fingerprint density at radius 1 is 1.42 bits per heavy atom. The van der Waals surface area contributed by atoms with E-state index in [1.54, 1.807) is 36.4 Å². The second-order valence-electron chi connectivity index (χ2n) is 3.95. The lowest BCUT2D eigenvalue weighted by Gasteiger charge is -1.99. The number of pyridine rings is 1. The molecule has 0 radical (unpaired) electrons. The quantitative estimate of drug-likeness (QED) is 0.594. The van der Waals surface area contributed by atoms with Crippen LogP contribution in [0.15, 0.2) is 34.3 Å². The van der Waals surface area contributed by atoms with Crippen molar-refractivity contribution in [1.29, 1.82) is 0 Å². The molecular weight excluding hydrogens is 276 g/mol. The third kappa shape index (κ3) is 4.69. The van der Waals surface area contributed by atoms with Crippen molar-refractivity contribution in [2.75, 3.05) is 12.9 Å². The van der Waals surface area contributed by atoms with E-state index in [0.717, 1.165) is 33.5 Å².